The van der Waals surface area contributed by atoms with Crippen LogP contribution in [0.4, 0.5) is 0 Å². The second-order valence-electron chi connectivity index (χ2n) is 5.14. The lowest BCUT2D eigenvalue weighted by Crippen LogP contribution is -1.96. The van der Waals surface area contributed by atoms with Crippen LogP contribution < -0.4 is 4.74 Å². The quantitative estimate of drug-likeness (QED) is 0.707. The van der Waals surface area contributed by atoms with Gasteiger partial charge in [0.1, 0.15) is 11.5 Å². The van der Waals surface area contributed by atoms with Gasteiger partial charge in [0.2, 0.25) is 0 Å². The number of aromatic hydroxyl groups is 2. The number of Topliss-reactive ketones (excluding diaryl/α,β-unsaturated/α-hetero) is 1. The highest BCUT2D eigenvalue weighted by Gasteiger charge is 2.08. The number of phenolic OH excluding ortho intramolecular Hbond substituents is 2. The van der Waals surface area contributed by atoms with Crippen molar-refractivity contribution in [1.82, 2.24) is 0 Å². The molecule has 0 saturated carbocycles. The van der Waals surface area contributed by atoms with Gasteiger partial charge in [-0.2, -0.15) is 0 Å². The van der Waals surface area contributed by atoms with Gasteiger partial charge in [-0.05, 0) is 56.2 Å². The molecule has 0 atom stereocenters. The van der Waals surface area contributed by atoms with Crippen molar-refractivity contribution in [2.45, 2.75) is 27.2 Å². The minimum absolute atomic E-state index is 0.0905. The van der Waals surface area contributed by atoms with Crippen molar-refractivity contribution in [2.24, 2.45) is 0 Å². The Morgan fingerprint density at radius 3 is 2.17 bits per heavy atom. The highest BCUT2D eigenvalue weighted by atomic mass is 35.5. The summed E-state index contributed by atoms with van der Waals surface area (Å²) in [6, 6.07) is 7.89. The van der Waals surface area contributed by atoms with Crippen LogP contribution in [-0.2, 0) is 0 Å². The summed E-state index contributed by atoms with van der Waals surface area (Å²) in [4.78, 5) is 10.9. The van der Waals surface area contributed by atoms with Crippen molar-refractivity contribution in [3.63, 3.8) is 0 Å². The zero-order valence-electron chi connectivity index (χ0n) is 13.8. The number of carbonyl (C=O) groups is 1. The number of aryl methyl sites for hydroxylation is 1. The molecule has 0 radical (unpaired) electrons. The molecule has 130 valence electrons. The maximum Gasteiger partial charge on any atom is 0.159 e. The first kappa shape index (κ1) is 20.1. The number of carbonyl (C=O) groups excluding carboxylic acids is 1. The molecular weight excluding hydrogens is 351 g/mol. The summed E-state index contributed by atoms with van der Waals surface area (Å²) in [5.74, 6) is 0.813. The van der Waals surface area contributed by atoms with E-state index in [-0.39, 0.29) is 27.3 Å². The highest BCUT2D eigenvalue weighted by molar-refractivity contribution is 6.37. The Morgan fingerprint density at radius 1 is 1.12 bits per heavy atom. The molecule has 0 aromatic heterocycles. The Kier molecular flexibility index (Phi) is 7.89. The molecule has 0 amide bonds. The van der Waals surface area contributed by atoms with E-state index < -0.39 is 0 Å². The normalized spacial score (nSPS) is 9.88. The van der Waals surface area contributed by atoms with E-state index in [1.54, 1.807) is 18.2 Å². The Labute approximate surface area is 151 Å². The number of hydrogen-bond donors (Lipinski definition) is 2. The molecule has 0 unspecified atom stereocenters. The van der Waals surface area contributed by atoms with Crippen LogP contribution in [0.5, 0.6) is 17.2 Å². The number of ketones is 1. The Balaban J connectivity index is 0.000000240. The molecule has 24 heavy (non-hydrogen) atoms. The summed E-state index contributed by atoms with van der Waals surface area (Å²) < 4.78 is 5.43. The average molecular weight is 371 g/mol. The van der Waals surface area contributed by atoms with Crippen LogP contribution in [0.25, 0.3) is 0 Å². The maximum atomic E-state index is 10.9. The Hall–Kier alpha value is -1.91. The van der Waals surface area contributed by atoms with Crippen LogP contribution in [0.15, 0.2) is 30.3 Å². The molecule has 0 saturated heterocycles. The van der Waals surface area contributed by atoms with Gasteiger partial charge in [0, 0.05) is 5.56 Å². The van der Waals surface area contributed by atoms with Gasteiger partial charge in [-0.1, -0.05) is 30.1 Å². The lowest BCUT2D eigenvalue weighted by molar-refractivity contribution is 0.101. The first-order valence-electron chi connectivity index (χ1n) is 7.37. The fraction of sp³-hybridized carbons (Fsp3) is 0.278. The van der Waals surface area contributed by atoms with E-state index >= 15 is 0 Å². The number of halogens is 2. The minimum Gasteiger partial charge on any atom is -0.508 e. The molecule has 0 aliphatic heterocycles. The summed E-state index contributed by atoms with van der Waals surface area (Å²) >= 11 is 11.2. The van der Waals surface area contributed by atoms with Gasteiger partial charge < -0.3 is 14.9 Å². The van der Waals surface area contributed by atoms with Gasteiger partial charge in [0.15, 0.2) is 11.5 Å². The molecule has 2 rings (SSSR count). The van der Waals surface area contributed by atoms with Crippen LogP contribution in [0.1, 0.15) is 36.2 Å². The number of benzene rings is 2. The Bertz CT molecular complexity index is 691. The van der Waals surface area contributed by atoms with E-state index in [0.717, 1.165) is 24.3 Å². The molecule has 0 aliphatic carbocycles. The van der Waals surface area contributed by atoms with Crippen molar-refractivity contribution < 1.29 is 19.7 Å². The van der Waals surface area contributed by atoms with Crippen LogP contribution in [-0.4, -0.2) is 22.6 Å². The van der Waals surface area contributed by atoms with E-state index in [1.807, 2.05) is 6.92 Å². The minimum atomic E-state index is -0.191. The predicted molar refractivity (Wildman–Crippen MR) is 96.8 cm³/mol. The summed E-state index contributed by atoms with van der Waals surface area (Å²) in [5, 5.41) is 18.4. The smallest absolute Gasteiger partial charge is 0.159 e. The fourth-order valence-corrected chi connectivity index (χ4v) is 2.26. The van der Waals surface area contributed by atoms with E-state index in [4.69, 9.17) is 38.2 Å². The van der Waals surface area contributed by atoms with E-state index in [2.05, 4.69) is 6.92 Å². The maximum absolute atomic E-state index is 10.9. The molecule has 0 fully saturated rings. The third-order valence-corrected chi connectivity index (χ3v) is 3.62. The molecule has 0 aliphatic rings. The lowest BCUT2D eigenvalue weighted by atomic mass is 10.1. The van der Waals surface area contributed by atoms with Gasteiger partial charge >= 0.3 is 0 Å². The van der Waals surface area contributed by atoms with E-state index in [0.29, 0.717) is 5.56 Å². The molecule has 0 spiro atoms. The van der Waals surface area contributed by atoms with Crippen molar-refractivity contribution in [1.29, 1.82) is 0 Å². The molecule has 0 bridgehead atoms. The second-order valence-corrected chi connectivity index (χ2v) is 5.96. The lowest BCUT2D eigenvalue weighted by Gasteiger charge is -2.07. The second kappa shape index (κ2) is 9.40. The summed E-state index contributed by atoms with van der Waals surface area (Å²) in [7, 11) is 0. The third kappa shape index (κ3) is 5.95. The number of rotatable bonds is 4. The topological polar surface area (TPSA) is 66.8 Å². The predicted octanol–water partition coefficient (Wildman–Crippen LogP) is 5.39. The largest absolute Gasteiger partial charge is 0.508 e. The van der Waals surface area contributed by atoms with Crippen LogP contribution in [0.3, 0.4) is 0 Å². The first-order valence-corrected chi connectivity index (χ1v) is 8.13. The van der Waals surface area contributed by atoms with Gasteiger partial charge in [-0.15, -0.1) is 0 Å². The van der Waals surface area contributed by atoms with Gasteiger partial charge in [0.25, 0.3) is 0 Å². The molecule has 2 aromatic rings. The first-order chi connectivity index (χ1) is 11.3. The van der Waals surface area contributed by atoms with Gasteiger partial charge in [0.05, 0.1) is 16.7 Å². The zero-order valence-corrected chi connectivity index (χ0v) is 15.3. The highest BCUT2D eigenvalue weighted by Crippen LogP contribution is 2.32. The van der Waals surface area contributed by atoms with Crippen LogP contribution >= 0.6 is 23.2 Å². The van der Waals surface area contributed by atoms with Crippen molar-refractivity contribution in [2.75, 3.05) is 6.61 Å². The Morgan fingerprint density at radius 2 is 1.71 bits per heavy atom. The molecule has 6 heteroatoms. The van der Waals surface area contributed by atoms with Crippen LogP contribution in [0, 0.1) is 6.92 Å². The van der Waals surface area contributed by atoms with E-state index in [1.165, 1.54) is 19.1 Å². The third-order valence-electron chi connectivity index (χ3n) is 3.04. The number of phenols is 2. The molecule has 4 nitrogen and oxygen atoms in total. The van der Waals surface area contributed by atoms with Crippen molar-refractivity contribution in [3.05, 3.63) is 51.5 Å². The molecule has 2 aromatic carbocycles. The van der Waals surface area contributed by atoms with Crippen molar-refractivity contribution in [3.8, 4) is 17.2 Å². The number of hydrogen-bond acceptors (Lipinski definition) is 4. The summed E-state index contributed by atoms with van der Waals surface area (Å²) in [6.07, 6.45) is 1.00. The average Bonchev–Trinajstić information content (AvgIpc) is 2.52. The van der Waals surface area contributed by atoms with Gasteiger partial charge in [-0.3, -0.25) is 4.79 Å². The zero-order chi connectivity index (χ0) is 18.3. The van der Waals surface area contributed by atoms with E-state index in [9.17, 15) is 4.79 Å². The van der Waals surface area contributed by atoms with Crippen LogP contribution in [0.2, 0.25) is 10.0 Å². The monoisotopic (exact) mass is 370 g/mol. The molecule has 0 heterocycles. The SMILES string of the molecule is CC(=O)c1cc(Cl)c(O)c(Cl)c1.CCCOc1ccc(O)cc1C. The number of ether oxygens (including phenoxy) is 1. The fourth-order valence-electron chi connectivity index (χ4n) is 1.78. The molecular formula is C18H20Cl2O4. The standard InChI is InChI=1S/C10H14O2.C8H6Cl2O2/c1-3-6-12-10-5-4-9(11)7-8(10)2;1-4(11)5-2-6(9)8(12)7(10)3-5/h4-5,7,11H,3,6H2,1-2H3;2-3,12H,1H3. The van der Waals surface area contributed by atoms with Gasteiger partial charge in [-0.25, -0.2) is 0 Å². The molecule has 2 N–H and O–H groups in total. The van der Waals surface area contributed by atoms with Crippen molar-refractivity contribution >= 4 is 29.0 Å². The summed E-state index contributed by atoms with van der Waals surface area (Å²) in [5.41, 5.74) is 1.37. The summed E-state index contributed by atoms with van der Waals surface area (Å²) in [6.45, 7) is 6.12.